The first-order valence-electron chi connectivity index (χ1n) is 7.82. The van der Waals surface area contributed by atoms with E-state index in [0.717, 1.165) is 38.6 Å². The molecular formula is C15H25N3O2S. The van der Waals surface area contributed by atoms with Crippen molar-refractivity contribution in [3.8, 4) is 0 Å². The molecular weight excluding hydrogens is 286 g/mol. The second-order valence-electron chi connectivity index (χ2n) is 5.48. The third-order valence-corrected chi connectivity index (χ3v) is 5.57. The first kappa shape index (κ1) is 16.2. The molecule has 0 saturated heterocycles. The smallest absolute Gasteiger partial charge is 0.246 e. The molecule has 21 heavy (non-hydrogen) atoms. The lowest BCUT2D eigenvalue weighted by molar-refractivity contribution is 0.396. The average Bonchev–Trinajstić information content (AvgIpc) is 3.30. The van der Waals surface area contributed by atoms with Crippen LogP contribution in [0.3, 0.4) is 0 Å². The molecule has 0 atom stereocenters. The fourth-order valence-electron chi connectivity index (χ4n) is 2.28. The van der Waals surface area contributed by atoms with Gasteiger partial charge >= 0.3 is 0 Å². The van der Waals surface area contributed by atoms with Gasteiger partial charge in [-0.15, -0.1) is 0 Å². The highest BCUT2D eigenvalue weighted by molar-refractivity contribution is 7.89. The number of pyridine rings is 1. The van der Waals surface area contributed by atoms with Crippen LogP contribution >= 0.6 is 0 Å². The Morgan fingerprint density at radius 1 is 1.33 bits per heavy atom. The molecule has 0 aromatic carbocycles. The van der Waals surface area contributed by atoms with E-state index in [2.05, 4.69) is 17.2 Å². The standard InChI is InChI=1S/C15H25N3O2S/c1-3-5-12-18(13-8-9-13)21(19,20)14-7-6-11-17-15(14)16-10-4-2/h6-7,11,13H,3-5,8-10,12H2,1-2H3,(H,16,17). The first-order valence-corrected chi connectivity index (χ1v) is 9.26. The highest BCUT2D eigenvalue weighted by atomic mass is 32.2. The summed E-state index contributed by atoms with van der Waals surface area (Å²) in [5.74, 6) is 0.474. The van der Waals surface area contributed by atoms with Gasteiger partial charge in [0.2, 0.25) is 10.0 Å². The zero-order chi connectivity index (χ0) is 15.3. The molecule has 5 nitrogen and oxygen atoms in total. The Balaban J connectivity index is 2.28. The number of sulfonamides is 1. The summed E-state index contributed by atoms with van der Waals surface area (Å²) in [5, 5.41) is 3.12. The van der Waals surface area contributed by atoms with E-state index in [1.165, 1.54) is 0 Å². The molecule has 0 unspecified atom stereocenters. The van der Waals surface area contributed by atoms with Crippen molar-refractivity contribution >= 4 is 15.8 Å². The lowest BCUT2D eigenvalue weighted by Gasteiger charge is -2.23. The van der Waals surface area contributed by atoms with Gasteiger partial charge in [0.1, 0.15) is 10.7 Å². The van der Waals surface area contributed by atoms with Crippen LogP contribution in [0.25, 0.3) is 0 Å². The molecule has 1 fully saturated rings. The molecule has 0 radical (unpaired) electrons. The van der Waals surface area contributed by atoms with Crippen LogP contribution in [0.1, 0.15) is 46.0 Å². The van der Waals surface area contributed by atoms with Crippen molar-refractivity contribution in [2.75, 3.05) is 18.4 Å². The van der Waals surface area contributed by atoms with Crippen molar-refractivity contribution in [2.45, 2.75) is 56.9 Å². The number of nitrogens with zero attached hydrogens (tertiary/aromatic N) is 2. The zero-order valence-electron chi connectivity index (χ0n) is 12.9. The van der Waals surface area contributed by atoms with Gasteiger partial charge in [-0.2, -0.15) is 4.31 Å². The minimum Gasteiger partial charge on any atom is -0.369 e. The van der Waals surface area contributed by atoms with Crippen molar-refractivity contribution < 1.29 is 8.42 Å². The van der Waals surface area contributed by atoms with E-state index < -0.39 is 10.0 Å². The van der Waals surface area contributed by atoms with E-state index >= 15 is 0 Å². The number of hydrogen-bond acceptors (Lipinski definition) is 4. The number of rotatable bonds is 9. The van der Waals surface area contributed by atoms with Crippen molar-refractivity contribution in [1.82, 2.24) is 9.29 Å². The van der Waals surface area contributed by atoms with Crippen molar-refractivity contribution in [1.29, 1.82) is 0 Å². The number of unbranched alkanes of at least 4 members (excludes halogenated alkanes) is 1. The average molecular weight is 311 g/mol. The Hall–Kier alpha value is -1.14. The number of hydrogen-bond donors (Lipinski definition) is 1. The third-order valence-electron chi connectivity index (χ3n) is 3.59. The Morgan fingerprint density at radius 2 is 2.10 bits per heavy atom. The van der Waals surface area contributed by atoms with Gasteiger partial charge in [-0.3, -0.25) is 0 Å². The number of anilines is 1. The second kappa shape index (κ2) is 7.22. The van der Waals surface area contributed by atoms with Crippen molar-refractivity contribution in [2.24, 2.45) is 0 Å². The van der Waals surface area contributed by atoms with Gasteiger partial charge in [0.25, 0.3) is 0 Å². The molecule has 1 heterocycles. The highest BCUT2D eigenvalue weighted by Crippen LogP contribution is 2.33. The van der Waals surface area contributed by atoms with E-state index in [-0.39, 0.29) is 6.04 Å². The van der Waals surface area contributed by atoms with E-state index in [4.69, 9.17) is 0 Å². The lowest BCUT2D eigenvalue weighted by atomic mass is 10.3. The van der Waals surface area contributed by atoms with Gasteiger partial charge in [0, 0.05) is 25.3 Å². The van der Waals surface area contributed by atoms with Gasteiger partial charge in [-0.05, 0) is 37.8 Å². The number of nitrogens with one attached hydrogen (secondary N) is 1. The first-order chi connectivity index (χ1) is 10.1. The van der Waals surface area contributed by atoms with Gasteiger partial charge in [-0.25, -0.2) is 13.4 Å². The van der Waals surface area contributed by atoms with E-state index in [1.54, 1.807) is 22.6 Å². The zero-order valence-corrected chi connectivity index (χ0v) is 13.7. The normalized spacial score (nSPS) is 15.4. The summed E-state index contributed by atoms with van der Waals surface area (Å²) in [6.07, 6.45) is 6.39. The van der Waals surface area contributed by atoms with Gasteiger partial charge in [0.15, 0.2) is 0 Å². The van der Waals surface area contributed by atoms with Gasteiger partial charge in [-0.1, -0.05) is 20.3 Å². The number of aromatic nitrogens is 1. The van der Waals surface area contributed by atoms with Crippen molar-refractivity contribution in [3.63, 3.8) is 0 Å². The van der Waals surface area contributed by atoms with Crippen LogP contribution < -0.4 is 5.32 Å². The van der Waals surface area contributed by atoms with Crippen LogP contribution in [-0.2, 0) is 10.0 Å². The van der Waals surface area contributed by atoms with Crippen LogP contribution in [0.2, 0.25) is 0 Å². The largest absolute Gasteiger partial charge is 0.369 e. The predicted molar refractivity (Wildman–Crippen MR) is 84.8 cm³/mol. The minimum atomic E-state index is -3.46. The SMILES string of the molecule is CCCCN(C1CC1)S(=O)(=O)c1cccnc1NCCC. The molecule has 0 amide bonds. The Bertz CT molecular complexity index is 556. The molecule has 0 bridgehead atoms. The van der Waals surface area contributed by atoms with E-state index in [1.807, 2.05) is 6.92 Å². The fraction of sp³-hybridized carbons (Fsp3) is 0.667. The molecule has 1 N–H and O–H groups in total. The summed E-state index contributed by atoms with van der Waals surface area (Å²) in [6, 6.07) is 3.53. The van der Waals surface area contributed by atoms with Crippen LogP contribution in [0, 0.1) is 0 Å². The molecule has 1 aromatic rings. The van der Waals surface area contributed by atoms with Crippen LogP contribution in [-0.4, -0.2) is 36.8 Å². The van der Waals surface area contributed by atoms with Crippen LogP contribution in [0.4, 0.5) is 5.82 Å². The van der Waals surface area contributed by atoms with Gasteiger partial charge in [0.05, 0.1) is 0 Å². The molecule has 1 aliphatic rings. The molecule has 1 aliphatic carbocycles. The van der Waals surface area contributed by atoms with Gasteiger partial charge < -0.3 is 5.32 Å². The summed E-state index contributed by atoms with van der Waals surface area (Å²) in [7, 11) is -3.46. The molecule has 1 aromatic heterocycles. The molecule has 0 aliphatic heterocycles. The molecule has 0 spiro atoms. The Labute approximate surface area is 127 Å². The molecule has 2 rings (SSSR count). The Kier molecular flexibility index (Phi) is 5.58. The second-order valence-corrected chi connectivity index (χ2v) is 7.34. The third kappa shape index (κ3) is 3.95. The summed E-state index contributed by atoms with van der Waals surface area (Å²) in [4.78, 5) is 4.51. The molecule has 118 valence electrons. The predicted octanol–water partition coefficient (Wildman–Crippen LogP) is 2.86. The summed E-state index contributed by atoms with van der Waals surface area (Å²) in [6.45, 7) is 5.45. The summed E-state index contributed by atoms with van der Waals surface area (Å²) in [5.41, 5.74) is 0. The fourth-order valence-corrected chi connectivity index (χ4v) is 4.12. The maximum atomic E-state index is 12.9. The summed E-state index contributed by atoms with van der Waals surface area (Å²) >= 11 is 0. The maximum Gasteiger partial charge on any atom is 0.246 e. The molecule has 6 heteroatoms. The Morgan fingerprint density at radius 3 is 2.71 bits per heavy atom. The molecule has 1 saturated carbocycles. The lowest BCUT2D eigenvalue weighted by Crippen LogP contribution is -2.34. The van der Waals surface area contributed by atoms with E-state index in [9.17, 15) is 8.42 Å². The minimum absolute atomic E-state index is 0.181. The highest BCUT2D eigenvalue weighted by Gasteiger charge is 2.38. The quantitative estimate of drug-likeness (QED) is 0.762. The maximum absolute atomic E-state index is 12.9. The van der Waals surface area contributed by atoms with Crippen molar-refractivity contribution in [3.05, 3.63) is 18.3 Å². The van der Waals surface area contributed by atoms with E-state index in [0.29, 0.717) is 17.3 Å². The van der Waals surface area contributed by atoms with Crippen LogP contribution in [0.5, 0.6) is 0 Å². The summed E-state index contributed by atoms with van der Waals surface area (Å²) < 4.78 is 27.6. The van der Waals surface area contributed by atoms with Crippen LogP contribution in [0.15, 0.2) is 23.2 Å². The monoisotopic (exact) mass is 311 g/mol. The topological polar surface area (TPSA) is 62.3 Å².